The molecule has 1 nitrogen and oxygen atoms in total. The average Bonchev–Trinajstić information content (AvgIpc) is 2.19. The lowest BCUT2D eigenvalue weighted by atomic mass is 10.1. The Labute approximate surface area is 105 Å². The predicted molar refractivity (Wildman–Crippen MR) is 70.4 cm³/mol. The van der Waals surface area contributed by atoms with Crippen LogP contribution in [0.15, 0.2) is 12.1 Å². The molecule has 1 aliphatic rings. The molecular weight excluding hydrogens is 249 g/mol. The molecule has 1 heterocycles. The quantitative estimate of drug-likeness (QED) is 0.733. The molecule has 0 spiro atoms. The van der Waals surface area contributed by atoms with Gasteiger partial charge in [0.25, 0.3) is 0 Å². The molecule has 0 aromatic heterocycles. The van der Waals surface area contributed by atoms with Crippen LogP contribution in [0.1, 0.15) is 24.2 Å². The topological polar surface area (TPSA) is 12.0 Å². The number of thioether (sulfide) groups is 1. The molecule has 0 aliphatic carbocycles. The van der Waals surface area contributed by atoms with Crippen LogP contribution in [0.3, 0.4) is 0 Å². The first-order valence-corrected chi connectivity index (χ1v) is 6.83. The molecule has 1 N–H and O–H groups in total. The van der Waals surface area contributed by atoms with E-state index >= 15 is 0 Å². The monoisotopic (exact) mass is 261 g/mol. The summed E-state index contributed by atoms with van der Waals surface area (Å²) < 4.78 is 0. The second kappa shape index (κ2) is 4.86. The normalized spacial score (nSPS) is 21.1. The molecule has 0 bridgehead atoms. The minimum Gasteiger partial charge on any atom is -0.385 e. The summed E-state index contributed by atoms with van der Waals surface area (Å²) in [5.41, 5.74) is 2.39. The van der Waals surface area contributed by atoms with Crippen molar-refractivity contribution in [2.24, 2.45) is 0 Å². The van der Waals surface area contributed by atoms with E-state index in [0.29, 0.717) is 15.3 Å². The highest BCUT2D eigenvalue weighted by Crippen LogP contribution is 2.39. The second-order valence-corrected chi connectivity index (χ2v) is 5.91. The zero-order chi connectivity index (χ0) is 10.8. The van der Waals surface area contributed by atoms with Gasteiger partial charge in [-0.05, 0) is 36.8 Å². The van der Waals surface area contributed by atoms with Crippen molar-refractivity contribution in [3.8, 4) is 0 Å². The summed E-state index contributed by atoms with van der Waals surface area (Å²) in [6, 6.07) is 3.91. The van der Waals surface area contributed by atoms with Crippen molar-refractivity contribution in [1.29, 1.82) is 0 Å². The SMILES string of the molecule is CC1SCCCNc2cc(Cl)c(Cl)cc21. The van der Waals surface area contributed by atoms with Gasteiger partial charge in [-0.1, -0.05) is 23.2 Å². The van der Waals surface area contributed by atoms with Gasteiger partial charge in [-0.2, -0.15) is 11.8 Å². The van der Waals surface area contributed by atoms with Crippen molar-refractivity contribution in [3.63, 3.8) is 0 Å². The summed E-state index contributed by atoms with van der Waals surface area (Å²) in [6.07, 6.45) is 1.19. The smallest absolute Gasteiger partial charge is 0.0613 e. The summed E-state index contributed by atoms with van der Waals surface area (Å²) in [6.45, 7) is 3.21. The molecule has 1 aromatic rings. The molecule has 1 atom stereocenters. The average molecular weight is 262 g/mol. The van der Waals surface area contributed by atoms with Crippen LogP contribution in [-0.4, -0.2) is 12.3 Å². The number of halogens is 2. The number of nitrogens with one attached hydrogen (secondary N) is 1. The lowest BCUT2D eigenvalue weighted by molar-refractivity contribution is 0.957. The first kappa shape index (κ1) is 11.4. The van der Waals surface area contributed by atoms with Gasteiger partial charge in [-0.25, -0.2) is 0 Å². The Morgan fingerprint density at radius 3 is 2.87 bits per heavy atom. The van der Waals surface area contributed by atoms with Gasteiger partial charge in [0.05, 0.1) is 10.0 Å². The van der Waals surface area contributed by atoms with E-state index in [4.69, 9.17) is 23.2 Å². The minimum absolute atomic E-state index is 0.475. The van der Waals surface area contributed by atoms with Gasteiger partial charge in [-0.3, -0.25) is 0 Å². The largest absolute Gasteiger partial charge is 0.385 e. The van der Waals surface area contributed by atoms with E-state index in [-0.39, 0.29) is 0 Å². The van der Waals surface area contributed by atoms with Crippen LogP contribution in [-0.2, 0) is 0 Å². The zero-order valence-electron chi connectivity index (χ0n) is 8.52. The van der Waals surface area contributed by atoms with E-state index in [1.165, 1.54) is 17.7 Å². The van der Waals surface area contributed by atoms with E-state index in [1.807, 2.05) is 23.9 Å². The number of anilines is 1. The fourth-order valence-electron chi connectivity index (χ4n) is 1.70. The van der Waals surface area contributed by atoms with Crippen LogP contribution in [0.5, 0.6) is 0 Å². The van der Waals surface area contributed by atoms with Crippen molar-refractivity contribution < 1.29 is 0 Å². The molecule has 2 rings (SSSR count). The highest BCUT2D eigenvalue weighted by molar-refractivity contribution is 7.99. The molecule has 82 valence electrons. The molecule has 0 radical (unpaired) electrons. The van der Waals surface area contributed by atoms with Crippen LogP contribution in [0.2, 0.25) is 10.0 Å². The first-order chi connectivity index (χ1) is 7.18. The predicted octanol–water partition coefficient (Wildman–Crippen LogP) is 4.60. The van der Waals surface area contributed by atoms with E-state index in [1.54, 1.807) is 0 Å². The number of hydrogen-bond acceptors (Lipinski definition) is 2. The van der Waals surface area contributed by atoms with Crippen LogP contribution in [0.25, 0.3) is 0 Å². The zero-order valence-corrected chi connectivity index (χ0v) is 10.8. The molecule has 0 fully saturated rings. The number of fused-ring (bicyclic) bond motifs is 1. The van der Waals surface area contributed by atoms with E-state index in [2.05, 4.69) is 12.2 Å². The van der Waals surface area contributed by atoms with Gasteiger partial charge in [0.15, 0.2) is 0 Å². The second-order valence-electron chi connectivity index (χ2n) is 3.65. The summed E-state index contributed by atoms with van der Waals surface area (Å²) in [7, 11) is 0. The summed E-state index contributed by atoms with van der Waals surface area (Å²) in [5, 5.41) is 5.15. The molecule has 4 heteroatoms. The molecular formula is C11H13Cl2NS. The maximum atomic E-state index is 6.04. The third-order valence-corrected chi connectivity index (χ3v) is 4.54. The Hall–Kier alpha value is -0.0500. The highest BCUT2D eigenvalue weighted by atomic mass is 35.5. The Kier molecular flexibility index (Phi) is 3.70. The van der Waals surface area contributed by atoms with E-state index < -0.39 is 0 Å². The third kappa shape index (κ3) is 2.55. The minimum atomic E-state index is 0.475. The van der Waals surface area contributed by atoms with E-state index in [9.17, 15) is 0 Å². The molecule has 1 aromatic carbocycles. The molecule has 1 unspecified atom stereocenters. The Bertz CT molecular complexity index is 368. The number of benzene rings is 1. The van der Waals surface area contributed by atoms with Crippen molar-refractivity contribution in [3.05, 3.63) is 27.7 Å². The number of hydrogen-bond donors (Lipinski definition) is 1. The lowest BCUT2D eigenvalue weighted by Gasteiger charge is -2.21. The maximum Gasteiger partial charge on any atom is 0.0613 e. The van der Waals surface area contributed by atoms with Crippen LogP contribution >= 0.6 is 35.0 Å². The van der Waals surface area contributed by atoms with Gasteiger partial charge in [-0.15, -0.1) is 0 Å². The van der Waals surface area contributed by atoms with E-state index in [0.717, 1.165) is 12.2 Å². The Balaban J connectivity index is 2.43. The van der Waals surface area contributed by atoms with Gasteiger partial charge in [0.2, 0.25) is 0 Å². The fourth-order valence-corrected chi connectivity index (χ4v) is 3.07. The molecule has 0 saturated carbocycles. The molecule has 15 heavy (non-hydrogen) atoms. The van der Waals surface area contributed by atoms with Crippen molar-refractivity contribution in [1.82, 2.24) is 0 Å². The van der Waals surface area contributed by atoms with Gasteiger partial charge in [0.1, 0.15) is 0 Å². The fraction of sp³-hybridized carbons (Fsp3) is 0.455. The summed E-state index contributed by atoms with van der Waals surface area (Å²) >= 11 is 14.0. The molecule has 0 saturated heterocycles. The van der Waals surface area contributed by atoms with Crippen molar-refractivity contribution >= 4 is 40.7 Å². The Morgan fingerprint density at radius 2 is 2.07 bits per heavy atom. The maximum absolute atomic E-state index is 6.04. The van der Waals surface area contributed by atoms with Gasteiger partial charge >= 0.3 is 0 Å². The summed E-state index contributed by atoms with van der Waals surface area (Å²) in [5.74, 6) is 1.19. The van der Waals surface area contributed by atoms with Crippen molar-refractivity contribution in [2.45, 2.75) is 18.6 Å². The van der Waals surface area contributed by atoms with Crippen LogP contribution < -0.4 is 5.32 Å². The highest BCUT2D eigenvalue weighted by Gasteiger charge is 2.15. The van der Waals surface area contributed by atoms with Crippen molar-refractivity contribution in [2.75, 3.05) is 17.6 Å². The first-order valence-electron chi connectivity index (χ1n) is 5.03. The van der Waals surface area contributed by atoms with Gasteiger partial charge < -0.3 is 5.32 Å². The third-order valence-electron chi connectivity index (χ3n) is 2.53. The molecule has 0 amide bonds. The molecule has 1 aliphatic heterocycles. The summed E-state index contributed by atoms with van der Waals surface area (Å²) in [4.78, 5) is 0. The number of rotatable bonds is 0. The lowest BCUT2D eigenvalue weighted by Crippen LogP contribution is -2.09. The van der Waals surface area contributed by atoms with Crippen LogP contribution in [0, 0.1) is 0 Å². The van der Waals surface area contributed by atoms with Gasteiger partial charge in [0, 0.05) is 17.5 Å². The standard InChI is InChI=1S/C11H13Cl2NS/c1-7-8-5-9(12)10(13)6-11(8)14-3-2-4-15-7/h5-7,14H,2-4H2,1H3. The van der Waals surface area contributed by atoms with Crippen LogP contribution in [0.4, 0.5) is 5.69 Å². The Morgan fingerprint density at radius 1 is 1.33 bits per heavy atom.